The maximum Gasteiger partial charge on any atom is 0.230 e. The molecule has 6 heteroatoms. The number of hydrogen-bond donors (Lipinski definition) is 2. The lowest BCUT2D eigenvalue weighted by molar-refractivity contribution is -0.120. The second-order valence-electron chi connectivity index (χ2n) is 6.50. The quantitative estimate of drug-likeness (QED) is 0.539. The minimum atomic E-state index is 0.0129. The Labute approximate surface area is 176 Å². The van der Waals surface area contributed by atoms with Crippen LogP contribution in [0.3, 0.4) is 0 Å². The summed E-state index contributed by atoms with van der Waals surface area (Å²) in [5, 5.41) is 6.02. The molecule has 2 rings (SSSR count). The number of carbonyl (C=O) groups is 2. The molecule has 2 unspecified atom stereocenters. The highest BCUT2D eigenvalue weighted by Crippen LogP contribution is 2.13. The zero-order chi connectivity index (χ0) is 20.2. The minimum absolute atomic E-state index is 0.0129. The molecule has 0 aliphatic heterocycles. The lowest BCUT2D eigenvalue weighted by Gasteiger charge is -2.14. The maximum absolute atomic E-state index is 12.0. The molecule has 150 valence electrons. The van der Waals surface area contributed by atoms with E-state index in [-0.39, 0.29) is 23.9 Å². The SMILES string of the molecule is CC(NC(=O)CSCCSCC(=O)NC(C)c1ccccc1)c1ccccc1. The van der Waals surface area contributed by atoms with Gasteiger partial charge in [-0.3, -0.25) is 9.59 Å². The van der Waals surface area contributed by atoms with Crippen LogP contribution in [0.25, 0.3) is 0 Å². The average molecular weight is 417 g/mol. The molecule has 2 amide bonds. The van der Waals surface area contributed by atoms with Crippen LogP contribution in [0.4, 0.5) is 0 Å². The predicted molar refractivity (Wildman–Crippen MR) is 121 cm³/mol. The first-order chi connectivity index (χ1) is 13.6. The van der Waals surface area contributed by atoms with Crippen molar-refractivity contribution < 1.29 is 9.59 Å². The van der Waals surface area contributed by atoms with E-state index >= 15 is 0 Å². The molecule has 0 spiro atoms. The van der Waals surface area contributed by atoms with Gasteiger partial charge in [0.25, 0.3) is 0 Å². The molecule has 0 bridgehead atoms. The molecule has 2 aromatic carbocycles. The fourth-order valence-electron chi connectivity index (χ4n) is 2.66. The normalized spacial score (nSPS) is 12.8. The van der Waals surface area contributed by atoms with E-state index in [1.807, 2.05) is 74.5 Å². The van der Waals surface area contributed by atoms with Gasteiger partial charge < -0.3 is 10.6 Å². The van der Waals surface area contributed by atoms with Crippen molar-refractivity contribution in [3.8, 4) is 0 Å². The highest BCUT2D eigenvalue weighted by atomic mass is 32.2. The van der Waals surface area contributed by atoms with Gasteiger partial charge in [0, 0.05) is 11.5 Å². The summed E-state index contributed by atoms with van der Waals surface area (Å²) in [6.45, 7) is 3.98. The standard InChI is InChI=1S/C22H28N2O2S2/c1-17(19-9-5-3-6-10-19)23-21(25)15-27-13-14-28-16-22(26)24-18(2)20-11-7-4-8-12-20/h3-12,17-18H,13-16H2,1-2H3,(H,23,25)(H,24,26). The highest BCUT2D eigenvalue weighted by molar-refractivity contribution is 8.03. The summed E-state index contributed by atoms with van der Waals surface area (Å²) in [7, 11) is 0. The third kappa shape index (κ3) is 8.40. The number of carbonyl (C=O) groups excluding carboxylic acids is 2. The van der Waals surface area contributed by atoms with Crippen LogP contribution in [0.2, 0.25) is 0 Å². The largest absolute Gasteiger partial charge is 0.349 e. The molecule has 2 aromatic rings. The monoisotopic (exact) mass is 416 g/mol. The van der Waals surface area contributed by atoms with Crippen molar-refractivity contribution >= 4 is 35.3 Å². The van der Waals surface area contributed by atoms with Crippen molar-refractivity contribution in [2.24, 2.45) is 0 Å². The van der Waals surface area contributed by atoms with E-state index in [9.17, 15) is 9.59 Å². The Balaban J connectivity index is 1.53. The maximum atomic E-state index is 12.0. The van der Waals surface area contributed by atoms with Crippen LogP contribution in [-0.4, -0.2) is 34.8 Å². The van der Waals surface area contributed by atoms with E-state index in [0.717, 1.165) is 22.6 Å². The third-order valence-electron chi connectivity index (χ3n) is 4.19. The second-order valence-corrected chi connectivity index (χ2v) is 8.72. The van der Waals surface area contributed by atoms with Crippen molar-refractivity contribution in [2.45, 2.75) is 25.9 Å². The van der Waals surface area contributed by atoms with Gasteiger partial charge in [0.1, 0.15) is 0 Å². The number of nitrogens with one attached hydrogen (secondary N) is 2. The Hall–Kier alpha value is -1.92. The van der Waals surface area contributed by atoms with Gasteiger partial charge in [-0.05, 0) is 25.0 Å². The molecule has 4 nitrogen and oxygen atoms in total. The van der Waals surface area contributed by atoms with Crippen LogP contribution in [0.1, 0.15) is 37.1 Å². The molecule has 0 aliphatic carbocycles. The van der Waals surface area contributed by atoms with Gasteiger partial charge >= 0.3 is 0 Å². The first-order valence-electron chi connectivity index (χ1n) is 9.40. The number of hydrogen-bond acceptors (Lipinski definition) is 4. The second kappa shape index (κ2) is 12.5. The molecular formula is C22H28N2O2S2. The Kier molecular flexibility index (Phi) is 10.0. The summed E-state index contributed by atoms with van der Waals surface area (Å²) in [5.74, 6) is 2.66. The van der Waals surface area contributed by atoms with Crippen molar-refractivity contribution in [3.63, 3.8) is 0 Å². The molecule has 0 saturated heterocycles. The van der Waals surface area contributed by atoms with Gasteiger partial charge in [0.15, 0.2) is 0 Å². The summed E-state index contributed by atoms with van der Waals surface area (Å²) >= 11 is 3.19. The summed E-state index contributed by atoms with van der Waals surface area (Å²) in [6, 6.07) is 19.9. The number of amides is 2. The lowest BCUT2D eigenvalue weighted by Crippen LogP contribution is -2.28. The fraction of sp³-hybridized carbons (Fsp3) is 0.364. The first kappa shape index (κ1) is 22.4. The van der Waals surface area contributed by atoms with Crippen molar-refractivity contribution in [3.05, 3.63) is 71.8 Å². The van der Waals surface area contributed by atoms with Crippen molar-refractivity contribution in [1.29, 1.82) is 0 Å². The van der Waals surface area contributed by atoms with Gasteiger partial charge in [-0.15, -0.1) is 0 Å². The molecule has 0 heterocycles. The fourth-order valence-corrected chi connectivity index (χ4v) is 4.43. The number of rotatable bonds is 11. The van der Waals surface area contributed by atoms with E-state index in [1.165, 1.54) is 0 Å². The van der Waals surface area contributed by atoms with Crippen molar-refractivity contribution in [2.75, 3.05) is 23.0 Å². The molecular weight excluding hydrogens is 388 g/mol. The summed E-state index contributed by atoms with van der Waals surface area (Å²) < 4.78 is 0. The third-order valence-corrected chi connectivity index (χ3v) is 6.37. The van der Waals surface area contributed by atoms with E-state index in [2.05, 4.69) is 10.6 Å². The topological polar surface area (TPSA) is 58.2 Å². The molecule has 28 heavy (non-hydrogen) atoms. The van der Waals surface area contributed by atoms with Gasteiger partial charge in [0.2, 0.25) is 11.8 Å². The molecule has 0 saturated carbocycles. The highest BCUT2D eigenvalue weighted by Gasteiger charge is 2.10. The van der Waals surface area contributed by atoms with Crippen LogP contribution < -0.4 is 10.6 Å². The Morgan fingerprint density at radius 1 is 0.714 bits per heavy atom. The molecule has 2 atom stereocenters. The Morgan fingerprint density at radius 2 is 1.07 bits per heavy atom. The van der Waals surface area contributed by atoms with Gasteiger partial charge in [-0.25, -0.2) is 0 Å². The zero-order valence-electron chi connectivity index (χ0n) is 16.4. The van der Waals surface area contributed by atoms with E-state index in [1.54, 1.807) is 23.5 Å². The number of thioether (sulfide) groups is 2. The zero-order valence-corrected chi connectivity index (χ0v) is 18.0. The summed E-state index contributed by atoms with van der Waals surface area (Å²) in [5.41, 5.74) is 2.21. The summed E-state index contributed by atoms with van der Waals surface area (Å²) in [4.78, 5) is 24.0. The molecule has 0 aliphatic rings. The van der Waals surface area contributed by atoms with Crippen LogP contribution in [0, 0.1) is 0 Å². The number of benzene rings is 2. The first-order valence-corrected chi connectivity index (χ1v) is 11.7. The van der Waals surface area contributed by atoms with Crippen LogP contribution >= 0.6 is 23.5 Å². The molecule has 2 N–H and O–H groups in total. The van der Waals surface area contributed by atoms with E-state index < -0.39 is 0 Å². The molecule has 0 fully saturated rings. The average Bonchev–Trinajstić information content (AvgIpc) is 2.71. The molecule has 0 radical (unpaired) electrons. The van der Waals surface area contributed by atoms with Crippen molar-refractivity contribution in [1.82, 2.24) is 10.6 Å². The van der Waals surface area contributed by atoms with Gasteiger partial charge in [-0.2, -0.15) is 23.5 Å². The van der Waals surface area contributed by atoms with Crippen LogP contribution in [0.5, 0.6) is 0 Å². The van der Waals surface area contributed by atoms with Gasteiger partial charge in [0.05, 0.1) is 23.6 Å². The summed E-state index contributed by atoms with van der Waals surface area (Å²) in [6.07, 6.45) is 0. The van der Waals surface area contributed by atoms with Crippen LogP contribution in [-0.2, 0) is 9.59 Å². The lowest BCUT2D eigenvalue weighted by atomic mass is 10.1. The van der Waals surface area contributed by atoms with Crippen LogP contribution in [0.15, 0.2) is 60.7 Å². The van der Waals surface area contributed by atoms with E-state index in [4.69, 9.17) is 0 Å². The predicted octanol–water partition coefficient (Wildman–Crippen LogP) is 4.21. The Morgan fingerprint density at radius 3 is 1.43 bits per heavy atom. The molecule has 0 aromatic heterocycles. The Bertz CT molecular complexity index is 662. The smallest absolute Gasteiger partial charge is 0.230 e. The van der Waals surface area contributed by atoms with E-state index in [0.29, 0.717) is 11.5 Å². The minimum Gasteiger partial charge on any atom is -0.349 e. The van der Waals surface area contributed by atoms with Gasteiger partial charge in [-0.1, -0.05) is 60.7 Å².